The zero-order chi connectivity index (χ0) is 13.4. The minimum absolute atomic E-state index is 0.0498. The van der Waals surface area contributed by atoms with Gasteiger partial charge in [0.1, 0.15) is 11.6 Å². The first-order valence-electron chi connectivity index (χ1n) is 4.61. The van der Waals surface area contributed by atoms with Gasteiger partial charge in [0.05, 0.1) is 6.04 Å². The van der Waals surface area contributed by atoms with E-state index in [1.807, 2.05) is 0 Å². The highest BCUT2D eigenvalue weighted by molar-refractivity contribution is 5.30. The second-order valence-electron chi connectivity index (χ2n) is 3.60. The van der Waals surface area contributed by atoms with E-state index in [-0.39, 0.29) is 5.56 Å². The zero-order valence-corrected chi connectivity index (χ0v) is 8.72. The van der Waals surface area contributed by atoms with Gasteiger partial charge in [0, 0.05) is 5.56 Å². The van der Waals surface area contributed by atoms with Crippen LogP contribution in [0.2, 0.25) is 0 Å². The Labute approximate surface area is 93.9 Å². The maximum Gasteiger partial charge on any atom is 0.416 e. The quantitative estimate of drug-likeness (QED) is 0.796. The van der Waals surface area contributed by atoms with Gasteiger partial charge in [0.15, 0.2) is 6.10 Å². The SMILES string of the molecule is Cc1ccc(F)c([C@@H](N)[C@@H](O)C(F)(F)F)c1F. The Morgan fingerprint density at radius 2 is 1.76 bits per heavy atom. The molecule has 0 fully saturated rings. The maximum atomic E-state index is 13.5. The number of rotatable bonds is 2. The third-order valence-electron chi connectivity index (χ3n) is 2.33. The summed E-state index contributed by atoms with van der Waals surface area (Å²) in [5.74, 6) is -2.40. The molecule has 0 amide bonds. The van der Waals surface area contributed by atoms with Crippen LogP contribution in [0.1, 0.15) is 17.2 Å². The Kier molecular flexibility index (Phi) is 3.73. The lowest BCUT2D eigenvalue weighted by Gasteiger charge is -2.22. The predicted octanol–water partition coefficient (Wildman–Crippen LogP) is 2.20. The van der Waals surface area contributed by atoms with Crippen molar-refractivity contribution in [2.45, 2.75) is 25.2 Å². The Morgan fingerprint density at radius 1 is 1.24 bits per heavy atom. The third-order valence-corrected chi connectivity index (χ3v) is 2.33. The summed E-state index contributed by atoms with van der Waals surface area (Å²) in [5.41, 5.74) is 4.03. The molecule has 0 aromatic heterocycles. The molecule has 2 atom stereocenters. The van der Waals surface area contributed by atoms with Crippen LogP contribution in [0, 0.1) is 18.6 Å². The number of aliphatic hydroxyl groups is 1. The molecule has 3 N–H and O–H groups in total. The molecule has 96 valence electrons. The molecule has 0 heterocycles. The fourth-order valence-electron chi connectivity index (χ4n) is 1.35. The van der Waals surface area contributed by atoms with Crippen molar-refractivity contribution in [1.82, 2.24) is 0 Å². The van der Waals surface area contributed by atoms with Gasteiger partial charge in [-0.3, -0.25) is 0 Å². The fraction of sp³-hybridized carbons (Fsp3) is 0.400. The number of hydrogen-bond donors (Lipinski definition) is 2. The van der Waals surface area contributed by atoms with Crippen LogP contribution in [0.4, 0.5) is 22.0 Å². The summed E-state index contributed by atoms with van der Waals surface area (Å²) in [5, 5.41) is 8.86. The Balaban J connectivity index is 3.21. The molecule has 1 aromatic carbocycles. The monoisotopic (exact) mass is 255 g/mol. The summed E-state index contributed by atoms with van der Waals surface area (Å²) in [4.78, 5) is 0. The molecular formula is C10H10F5NO. The number of alkyl halides is 3. The van der Waals surface area contributed by atoms with Gasteiger partial charge < -0.3 is 10.8 Å². The van der Waals surface area contributed by atoms with E-state index >= 15 is 0 Å². The lowest BCUT2D eigenvalue weighted by atomic mass is 9.98. The fourth-order valence-corrected chi connectivity index (χ4v) is 1.35. The molecule has 0 bridgehead atoms. The van der Waals surface area contributed by atoms with Gasteiger partial charge in [-0.25, -0.2) is 8.78 Å². The van der Waals surface area contributed by atoms with E-state index in [0.717, 1.165) is 12.1 Å². The van der Waals surface area contributed by atoms with Crippen molar-refractivity contribution >= 4 is 0 Å². The molecule has 1 rings (SSSR count). The Morgan fingerprint density at radius 3 is 2.24 bits per heavy atom. The minimum atomic E-state index is -5.04. The highest BCUT2D eigenvalue weighted by Crippen LogP contribution is 2.31. The Hall–Kier alpha value is -1.21. The molecule has 0 aliphatic heterocycles. The van der Waals surface area contributed by atoms with Crippen LogP contribution < -0.4 is 5.73 Å². The van der Waals surface area contributed by atoms with Crippen LogP contribution in [0.5, 0.6) is 0 Å². The van der Waals surface area contributed by atoms with Crippen LogP contribution >= 0.6 is 0 Å². The van der Waals surface area contributed by atoms with E-state index in [2.05, 4.69) is 0 Å². The molecular weight excluding hydrogens is 245 g/mol. The zero-order valence-electron chi connectivity index (χ0n) is 8.72. The van der Waals surface area contributed by atoms with Crippen LogP contribution in [0.15, 0.2) is 12.1 Å². The highest BCUT2D eigenvalue weighted by Gasteiger charge is 2.44. The van der Waals surface area contributed by atoms with Crippen molar-refractivity contribution in [3.8, 4) is 0 Å². The summed E-state index contributed by atoms with van der Waals surface area (Å²) in [6.45, 7) is 1.25. The molecule has 0 radical (unpaired) electrons. The van der Waals surface area contributed by atoms with E-state index in [9.17, 15) is 22.0 Å². The van der Waals surface area contributed by atoms with Gasteiger partial charge in [0.2, 0.25) is 0 Å². The number of nitrogens with two attached hydrogens (primary N) is 1. The number of benzene rings is 1. The van der Waals surface area contributed by atoms with Crippen LogP contribution in [0.3, 0.4) is 0 Å². The standard InChI is InChI=1S/C10H10F5NO/c1-4-2-3-5(11)6(7(4)12)8(16)9(17)10(13,14)15/h2-3,8-9,17H,16H2,1H3/t8-,9-/m1/s1. The molecule has 2 nitrogen and oxygen atoms in total. The third kappa shape index (κ3) is 2.73. The smallest absolute Gasteiger partial charge is 0.382 e. The highest BCUT2D eigenvalue weighted by atomic mass is 19.4. The van der Waals surface area contributed by atoms with E-state index in [1.165, 1.54) is 6.92 Å². The van der Waals surface area contributed by atoms with E-state index in [1.54, 1.807) is 0 Å². The molecule has 0 saturated heterocycles. The van der Waals surface area contributed by atoms with Crippen molar-refractivity contribution in [2.75, 3.05) is 0 Å². The van der Waals surface area contributed by atoms with E-state index in [0.29, 0.717) is 0 Å². The number of aliphatic hydroxyl groups excluding tert-OH is 1. The average molecular weight is 255 g/mol. The largest absolute Gasteiger partial charge is 0.416 e. The van der Waals surface area contributed by atoms with Gasteiger partial charge >= 0.3 is 6.18 Å². The summed E-state index contributed by atoms with van der Waals surface area (Å²) >= 11 is 0. The summed E-state index contributed by atoms with van der Waals surface area (Å²) in [7, 11) is 0. The first kappa shape index (κ1) is 13.9. The van der Waals surface area contributed by atoms with Crippen LogP contribution in [-0.4, -0.2) is 17.4 Å². The van der Waals surface area contributed by atoms with Gasteiger partial charge in [-0.1, -0.05) is 6.07 Å². The topological polar surface area (TPSA) is 46.2 Å². The van der Waals surface area contributed by atoms with Crippen molar-refractivity contribution in [1.29, 1.82) is 0 Å². The normalized spacial score (nSPS) is 15.8. The number of hydrogen-bond acceptors (Lipinski definition) is 2. The number of aryl methyl sites for hydroxylation is 1. The molecule has 0 unspecified atom stereocenters. The van der Waals surface area contributed by atoms with Gasteiger partial charge in [-0.05, 0) is 18.6 Å². The molecule has 0 spiro atoms. The lowest BCUT2D eigenvalue weighted by molar-refractivity contribution is -0.210. The Bertz CT molecular complexity index is 418. The van der Waals surface area contributed by atoms with Gasteiger partial charge in [-0.2, -0.15) is 13.2 Å². The maximum absolute atomic E-state index is 13.5. The van der Waals surface area contributed by atoms with Crippen LogP contribution in [0.25, 0.3) is 0 Å². The van der Waals surface area contributed by atoms with Crippen molar-refractivity contribution in [2.24, 2.45) is 5.73 Å². The predicted molar refractivity (Wildman–Crippen MR) is 50.1 cm³/mol. The van der Waals surface area contributed by atoms with E-state index < -0.39 is 35.5 Å². The van der Waals surface area contributed by atoms with Crippen molar-refractivity contribution in [3.63, 3.8) is 0 Å². The van der Waals surface area contributed by atoms with Crippen LogP contribution in [-0.2, 0) is 0 Å². The van der Waals surface area contributed by atoms with Crippen molar-refractivity contribution in [3.05, 3.63) is 34.9 Å². The minimum Gasteiger partial charge on any atom is -0.382 e. The summed E-state index contributed by atoms with van der Waals surface area (Å²) in [6, 6.07) is -0.327. The molecule has 0 aliphatic rings. The lowest BCUT2D eigenvalue weighted by Crippen LogP contribution is -2.39. The molecule has 7 heteroatoms. The van der Waals surface area contributed by atoms with Gasteiger partial charge in [0.25, 0.3) is 0 Å². The molecule has 17 heavy (non-hydrogen) atoms. The van der Waals surface area contributed by atoms with Gasteiger partial charge in [-0.15, -0.1) is 0 Å². The molecule has 1 aromatic rings. The molecule has 0 aliphatic carbocycles. The average Bonchev–Trinajstić information content (AvgIpc) is 2.21. The van der Waals surface area contributed by atoms with Crippen molar-refractivity contribution < 1.29 is 27.1 Å². The second-order valence-corrected chi connectivity index (χ2v) is 3.60. The second kappa shape index (κ2) is 4.58. The number of halogens is 5. The first-order chi connectivity index (χ1) is 7.66. The summed E-state index contributed by atoms with van der Waals surface area (Å²) in [6.07, 6.45) is -8.06. The molecule has 0 saturated carbocycles. The van der Waals surface area contributed by atoms with E-state index in [4.69, 9.17) is 10.8 Å². The first-order valence-corrected chi connectivity index (χ1v) is 4.61. The summed E-state index contributed by atoms with van der Waals surface area (Å²) < 4.78 is 63.2.